The molecule has 0 saturated carbocycles. The maximum Gasteiger partial charge on any atom is 0.277 e. The Labute approximate surface area is 119 Å². The smallest absolute Gasteiger partial charge is 0.277 e. The molecule has 0 fully saturated rings. The zero-order valence-electron chi connectivity index (χ0n) is 10.9. The summed E-state index contributed by atoms with van der Waals surface area (Å²) in [5.74, 6) is 0. The number of nitro groups is 1. The highest BCUT2D eigenvalue weighted by Gasteiger charge is 2.31. The van der Waals surface area contributed by atoms with E-state index in [1.165, 1.54) is 6.07 Å². The lowest BCUT2D eigenvalue weighted by Gasteiger charge is -2.27. The normalized spacial score (nSPS) is 20.3. The SMILES string of the molecule is O=[N+]([O-])c1cc2cccc3c2c2c(cccc12)[C@@H](O)[C@@H]3O. The van der Waals surface area contributed by atoms with E-state index in [9.17, 15) is 20.3 Å². The van der Waals surface area contributed by atoms with Crippen LogP contribution in [0.4, 0.5) is 5.69 Å². The predicted molar refractivity (Wildman–Crippen MR) is 78.0 cm³/mol. The first-order valence-electron chi connectivity index (χ1n) is 6.58. The highest BCUT2D eigenvalue weighted by atomic mass is 16.6. The minimum absolute atomic E-state index is 0.0140. The van der Waals surface area contributed by atoms with Gasteiger partial charge >= 0.3 is 0 Å². The molecule has 0 unspecified atom stereocenters. The van der Waals surface area contributed by atoms with Gasteiger partial charge in [-0.15, -0.1) is 0 Å². The van der Waals surface area contributed by atoms with Crippen molar-refractivity contribution in [2.45, 2.75) is 12.2 Å². The molecule has 2 N–H and O–H groups in total. The summed E-state index contributed by atoms with van der Waals surface area (Å²) in [6.07, 6.45) is -2.10. The third-order valence-corrected chi connectivity index (χ3v) is 4.18. The Balaban J connectivity index is 2.34. The quantitative estimate of drug-likeness (QED) is 0.408. The van der Waals surface area contributed by atoms with Crippen LogP contribution in [0.3, 0.4) is 0 Å². The van der Waals surface area contributed by atoms with Crippen LogP contribution in [0.15, 0.2) is 42.5 Å². The van der Waals surface area contributed by atoms with Crippen LogP contribution in [0.1, 0.15) is 23.3 Å². The topological polar surface area (TPSA) is 83.6 Å². The Morgan fingerprint density at radius 3 is 2.24 bits per heavy atom. The van der Waals surface area contributed by atoms with Crippen molar-refractivity contribution in [1.29, 1.82) is 0 Å². The lowest BCUT2D eigenvalue weighted by molar-refractivity contribution is -0.382. The molecule has 5 heteroatoms. The van der Waals surface area contributed by atoms with Crippen molar-refractivity contribution < 1.29 is 15.1 Å². The maximum absolute atomic E-state index is 11.3. The average molecular weight is 281 g/mol. The van der Waals surface area contributed by atoms with E-state index < -0.39 is 17.1 Å². The molecule has 0 aromatic heterocycles. The van der Waals surface area contributed by atoms with Gasteiger partial charge in [0.25, 0.3) is 5.69 Å². The minimum Gasteiger partial charge on any atom is -0.385 e. The highest BCUT2D eigenvalue weighted by Crippen LogP contribution is 2.46. The fraction of sp³-hybridized carbons (Fsp3) is 0.125. The van der Waals surface area contributed by atoms with Crippen LogP contribution in [-0.4, -0.2) is 15.1 Å². The molecule has 0 radical (unpaired) electrons. The van der Waals surface area contributed by atoms with Crippen molar-refractivity contribution in [2.75, 3.05) is 0 Å². The van der Waals surface area contributed by atoms with E-state index in [0.717, 1.165) is 5.39 Å². The van der Waals surface area contributed by atoms with E-state index in [0.29, 0.717) is 27.3 Å². The monoisotopic (exact) mass is 281 g/mol. The van der Waals surface area contributed by atoms with Crippen molar-refractivity contribution in [3.05, 3.63) is 63.7 Å². The Hall–Kier alpha value is -2.50. The van der Waals surface area contributed by atoms with Gasteiger partial charge in [0.15, 0.2) is 0 Å². The number of hydrogen-bond donors (Lipinski definition) is 2. The Morgan fingerprint density at radius 1 is 0.952 bits per heavy atom. The summed E-state index contributed by atoms with van der Waals surface area (Å²) in [4.78, 5) is 10.9. The van der Waals surface area contributed by atoms with E-state index >= 15 is 0 Å². The van der Waals surface area contributed by atoms with Gasteiger partial charge in [-0.05, 0) is 28.0 Å². The summed E-state index contributed by atoms with van der Waals surface area (Å²) < 4.78 is 0. The van der Waals surface area contributed by atoms with Crippen molar-refractivity contribution in [1.82, 2.24) is 0 Å². The van der Waals surface area contributed by atoms with Gasteiger partial charge in [0.2, 0.25) is 0 Å². The molecule has 3 aromatic carbocycles. The van der Waals surface area contributed by atoms with Gasteiger partial charge in [0.1, 0.15) is 12.2 Å². The Bertz CT molecular complexity index is 919. The molecule has 0 bridgehead atoms. The molecule has 0 heterocycles. The second-order valence-electron chi connectivity index (χ2n) is 5.26. The van der Waals surface area contributed by atoms with E-state index in [2.05, 4.69) is 0 Å². The maximum atomic E-state index is 11.3. The minimum atomic E-state index is -1.08. The molecule has 5 nitrogen and oxygen atoms in total. The molecule has 3 aromatic rings. The van der Waals surface area contributed by atoms with Gasteiger partial charge in [-0.3, -0.25) is 10.1 Å². The third kappa shape index (κ3) is 1.47. The van der Waals surface area contributed by atoms with Crippen LogP contribution in [0.2, 0.25) is 0 Å². The molecule has 104 valence electrons. The third-order valence-electron chi connectivity index (χ3n) is 4.18. The Kier molecular flexibility index (Phi) is 2.34. The number of non-ortho nitro benzene ring substituents is 1. The van der Waals surface area contributed by atoms with Gasteiger partial charge < -0.3 is 10.2 Å². The number of nitro benzene ring substituents is 1. The predicted octanol–water partition coefficient (Wildman–Crippen LogP) is 2.98. The van der Waals surface area contributed by atoms with E-state index in [4.69, 9.17) is 0 Å². The number of rotatable bonds is 1. The van der Waals surface area contributed by atoms with Gasteiger partial charge in [-0.1, -0.05) is 30.3 Å². The van der Waals surface area contributed by atoms with Crippen molar-refractivity contribution in [2.24, 2.45) is 0 Å². The highest BCUT2D eigenvalue weighted by molar-refractivity contribution is 6.15. The van der Waals surface area contributed by atoms with Crippen molar-refractivity contribution >= 4 is 27.2 Å². The molecule has 21 heavy (non-hydrogen) atoms. The van der Waals surface area contributed by atoms with Crippen molar-refractivity contribution in [3.8, 4) is 0 Å². The van der Waals surface area contributed by atoms with Crippen LogP contribution < -0.4 is 0 Å². The molecule has 1 aliphatic rings. The lowest BCUT2D eigenvalue weighted by Crippen LogP contribution is -2.15. The van der Waals surface area contributed by atoms with Gasteiger partial charge in [-0.25, -0.2) is 0 Å². The van der Waals surface area contributed by atoms with Crippen LogP contribution in [-0.2, 0) is 0 Å². The van der Waals surface area contributed by atoms with Gasteiger partial charge in [-0.2, -0.15) is 0 Å². The molecule has 2 atom stereocenters. The largest absolute Gasteiger partial charge is 0.385 e. The number of aliphatic hydroxyl groups is 2. The molecular formula is C16H11NO4. The number of benzene rings is 3. The summed E-state index contributed by atoms with van der Waals surface area (Å²) in [6.45, 7) is 0. The summed E-state index contributed by atoms with van der Waals surface area (Å²) >= 11 is 0. The Morgan fingerprint density at radius 2 is 1.57 bits per heavy atom. The number of aliphatic hydroxyl groups excluding tert-OH is 2. The molecule has 0 spiro atoms. The second kappa shape index (κ2) is 4.00. The molecule has 0 aliphatic heterocycles. The molecule has 4 rings (SSSR count). The van der Waals surface area contributed by atoms with Crippen LogP contribution >= 0.6 is 0 Å². The molecule has 1 aliphatic carbocycles. The van der Waals surface area contributed by atoms with Crippen LogP contribution in [0, 0.1) is 10.1 Å². The second-order valence-corrected chi connectivity index (χ2v) is 5.26. The first kappa shape index (κ1) is 12.3. The summed E-state index contributed by atoms with van der Waals surface area (Å²) in [5.41, 5.74) is 1.16. The number of hydrogen-bond acceptors (Lipinski definition) is 4. The average Bonchev–Trinajstić information content (AvgIpc) is 2.50. The summed E-state index contributed by atoms with van der Waals surface area (Å²) in [5, 5.41) is 34.5. The van der Waals surface area contributed by atoms with E-state index in [1.54, 1.807) is 36.4 Å². The van der Waals surface area contributed by atoms with Gasteiger partial charge in [0.05, 0.1) is 10.3 Å². The van der Waals surface area contributed by atoms with Crippen molar-refractivity contribution in [3.63, 3.8) is 0 Å². The molecule has 0 amide bonds. The summed E-state index contributed by atoms with van der Waals surface area (Å²) in [7, 11) is 0. The number of nitrogens with zero attached hydrogens (tertiary/aromatic N) is 1. The first-order chi connectivity index (χ1) is 10.1. The zero-order valence-corrected chi connectivity index (χ0v) is 10.9. The standard InChI is InChI=1S/C16H11NO4/c18-15-10-5-1-3-8-7-12(17(20)21)9-4-2-6-11(16(15)19)14(9)13(8)10/h1-7,15-16,18-19H/t15-,16-/m1/s1. The molecule has 0 saturated heterocycles. The zero-order chi connectivity index (χ0) is 14.7. The fourth-order valence-corrected chi connectivity index (χ4v) is 3.27. The molecular weight excluding hydrogens is 270 g/mol. The van der Waals surface area contributed by atoms with Crippen LogP contribution in [0.25, 0.3) is 21.5 Å². The van der Waals surface area contributed by atoms with E-state index in [1.807, 2.05) is 0 Å². The van der Waals surface area contributed by atoms with Crippen LogP contribution in [0.5, 0.6) is 0 Å². The lowest BCUT2D eigenvalue weighted by atomic mass is 9.82. The van der Waals surface area contributed by atoms with Gasteiger partial charge in [0, 0.05) is 11.5 Å². The fourth-order valence-electron chi connectivity index (χ4n) is 3.27. The first-order valence-corrected chi connectivity index (χ1v) is 6.58. The van der Waals surface area contributed by atoms with E-state index in [-0.39, 0.29) is 5.69 Å². The summed E-state index contributed by atoms with van der Waals surface area (Å²) in [6, 6.07) is 11.8.